The molecule has 0 bridgehead atoms. The van der Waals surface area contributed by atoms with Crippen molar-refractivity contribution in [2.75, 3.05) is 27.2 Å². The van der Waals surface area contributed by atoms with Crippen molar-refractivity contribution in [3.05, 3.63) is 11.9 Å². The molecule has 7 nitrogen and oxygen atoms in total. The van der Waals surface area contributed by atoms with Crippen LogP contribution in [0.1, 0.15) is 19.0 Å². The number of likely N-dealkylation sites (N-methyl/N-ethyl adjacent to an activating group) is 1. The number of carbonyl (C=O) groups excluding carboxylic acids is 1. The van der Waals surface area contributed by atoms with Crippen LogP contribution in [0, 0.1) is 6.92 Å². The molecule has 0 saturated heterocycles. The Morgan fingerprint density at radius 1 is 1.38 bits per heavy atom. The Hall–Kier alpha value is -1.89. The summed E-state index contributed by atoms with van der Waals surface area (Å²) in [6, 6.07) is 0. The van der Waals surface area contributed by atoms with Crippen molar-refractivity contribution in [3.8, 4) is 0 Å². The molecule has 0 aliphatic heterocycles. The van der Waals surface area contributed by atoms with Crippen molar-refractivity contribution in [1.82, 2.24) is 29.8 Å². The molecule has 0 saturated carbocycles. The van der Waals surface area contributed by atoms with Gasteiger partial charge in [0.2, 0.25) is 5.91 Å². The van der Waals surface area contributed by atoms with Crippen LogP contribution in [0.4, 0.5) is 0 Å². The van der Waals surface area contributed by atoms with Crippen LogP contribution in [-0.2, 0) is 17.9 Å². The van der Waals surface area contributed by atoms with Crippen LogP contribution < -0.4 is 5.32 Å². The van der Waals surface area contributed by atoms with Crippen LogP contribution in [0.5, 0.6) is 0 Å². The minimum atomic E-state index is 0.0565. The molecule has 7 heteroatoms. The third-order valence-corrected chi connectivity index (χ3v) is 3.44. The fourth-order valence-corrected chi connectivity index (χ4v) is 2.34. The molecule has 0 atom stereocenters. The second kappa shape index (κ2) is 6.71. The molecule has 0 unspecified atom stereocenters. The summed E-state index contributed by atoms with van der Waals surface area (Å²) in [6.45, 7) is 6.95. The summed E-state index contributed by atoms with van der Waals surface area (Å²) in [7, 11) is 3.97. The zero-order valence-corrected chi connectivity index (χ0v) is 13.3. The van der Waals surface area contributed by atoms with Gasteiger partial charge in [-0.3, -0.25) is 14.2 Å². The molecule has 0 aliphatic carbocycles. The Balaban J connectivity index is 1.94. The van der Waals surface area contributed by atoms with E-state index in [1.54, 1.807) is 0 Å². The molecule has 2 heterocycles. The molecule has 21 heavy (non-hydrogen) atoms. The van der Waals surface area contributed by atoms with Crippen LogP contribution in [0.15, 0.2) is 6.20 Å². The Kier molecular flexibility index (Phi) is 4.95. The Bertz CT molecular complexity index is 612. The summed E-state index contributed by atoms with van der Waals surface area (Å²) >= 11 is 0. The lowest BCUT2D eigenvalue weighted by atomic mass is 10.3. The van der Waals surface area contributed by atoms with Gasteiger partial charge in [-0.05, 0) is 27.9 Å². The predicted molar refractivity (Wildman–Crippen MR) is 82.1 cm³/mol. The minimum absolute atomic E-state index is 0.0565. The fraction of sp³-hybridized carbons (Fsp3) is 0.643. The lowest BCUT2D eigenvalue weighted by molar-refractivity contribution is -0.121. The van der Waals surface area contributed by atoms with Gasteiger partial charge in [-0.1, -0.05) is 0 Å². The topological polar surface area (TPSA) is 68.0 Å². The zero-order valence-electron chi connectivity index (χ0n) is 13.3. The van der Waals surface area contributed by atoms with Gasteiger partial charge in [0.15, 0.2) is 0 Å². The highest BCUT2D eigenvalue weighted by atomic mass is 16.1. The standard InChI is InChI=1S/C14H24N6O/c1-5-19-12-10-16-20(14(12)11(2)17-19)8-6-13(21)15-7-9-18(3)4/h10H,5-9H2,1-4H3,(H,15,21). The van der Waals surface area contributed by atoms with Gasteiger partial charge in [-0.2, -0.15) is 10.2 Å². The first-order valence-electron chi connectivity index (χ1n) is 7.33. The molecule has 0 aliphatic rings. The van der Waals surface area contributed by atoms with Crippen LogP contribution >= 0.6 is 0 Å². The number of aryl methyl sites for hydroxylation is 3. The van der Waals surface area contributed by atoms with Gasteiger partial charge < -0.3 is 10.2 Å². The number of aromatic nitrogens is 4. The van der Waals surface area contributed by atoms with Crippen molar-refractivity contribution >= 4 is 16.9 Å². The second-order valence-electron chi connectivity index (χ2n) is 5.41. The smallest absolute Gasteiger partial charge is 0.221 e. The second-order valence-corrected chi connectivity index (χ2v) is 5.41. The normalized spacial score (nSPS) is 11.5. The van der Waals surface area contributed by atoms with E-state index in [1.165, 1.54) is 0 Å². The molecular weight excluding hydrogens is 268 g/mol. The Labute approximate surface area is 124 Å². The molecule has 0 radical (unpaired) electrons. The number of nitrogens with one attached hydrogen (secondary N) is 1. The molecule has 116 valence electrons. The summed E-state index contributed by atoms with van der Waals surface area (Å²) in [5, 5.41) is 11.8. The average molecular weight is 292 g/mol. The van der Waals surface area contributed by atoms with E-state index in [4.69, 9.17) is 0 Å². The molecule has 0 spiro atoms. The van der Waals surface area contributed by atoms with Crippen molar-refractivity contribution in [3.63, 3.8) is 0 Å². The number of rotatable bonds is 7. The molecule has 0 fully saturated rings. The van der Waals surface area contributed by atoms with E-state index in [-0.39, 0.29) is 5.91 Å². The molecule has 1 N–H and O–H groups in total. The maximum absolute atomic E-state index is 11.8. The van der Waals surface area contributed by atoms with Crippen LogP contribution in [0.25, 0.3) is 11.0 Å². The highest BCUT2D eigenvalue weighted by Gasteiger charge is 2.13. The van der Waals surface area contributed by atoms with Crippen molar-refractivity contribution in [2.24, 2.45) is 0 Å². The van der Waals surface area contributed by atoms with Crippen LogP contribution in [0.2, 0.25) is 0 Å². The number of hydrogen-bond donors (Lipinski definition) is 1. The molecule has 2 rings (SSSR count). The van der Waals surface area contributed by atoms with E-state index < -0.39 is 0 Å². The number of hydrogen-bond acceptors (Lipinski definition) is 4. The largest absolute Gasteiger partial charge is 0.355 e. The summed E-state index contributed by atoms with van der Waals surface area (Å²) in [6.07, 6.45) is 2.25. The first-order chi connectivity index (χ1) is 10.0. The zero-order chi connectivity index (χ0) is 15.4. The van der Waals surface area contributed by atoms with Gasteiger partial charge in [-0.25, -0.2) is 0 Å². The van der Waals surface area contributed by atoms with Crippen molar-refractivity contribution < 1.29 is 4.79 Å². The highest BCUT2D eigenvalue weighted by molar-refractivity contribution is 5.78. The summed E-state index contributed by atoms with van der Waals surface area (Å²) < 4.78 is 3.81. The van der Waals surface area contributed by atoms with Crippen molar-refractivity contribution in [1.29, 1.82) is 0 Å². The highest BCUT2D eigenvalue weighted by Crippen LogP contribution is 2.17. The predicted octanol–water partition coefficient (Wildman–Crippen LogP) is 0.629. The van der Waals surface area contributed by atoms with E-state index in [1.807, 2.05) is 41.5 Å². The molecule has 2 aromatic heterocycles. The van der Waals surface area contributed by atoms with E-state index >= 15 is 0 Å². The van der Waals surface area contributed by atoms with E-state index in [0.29, 0.717) is 19.5 Å². The number of carbonyl (C=O) groups is 1. The minimum Gasteiger partial charge on any atom is -0.355 e. The third kappa shape index (κ3) is 3.60. The Morgan fingerprint density at radius 3 is 2.81 bits per heavy atom. The quantitative estimate of drug-likeness (QED) is 0.813. The van der Waals surface area contributed by atoms with Gasteiger partial charge in [0.1, 0.15) is 11.0 Å². The summed E-state index contributed by atoms with van der Waals surface area (Å²) in [5.41, 5.74) is 3.01. The maximum atomic E-state index is 11.8. The number of fused-ring (bicyclic) bond motifs is 1. The SMILES string of the molecule is CCn1nc(C)c2c1cnn2CCC(=O)NCCN(C)C. The third-order valence-electron chi connectivity index (χ3n) is 3.44. The number of amides is 1. The first-order valence-corrected chi connectivity index (χ1v) is 7.33. The Morgan fingerprint density at radius 2 is 2.14 bits per heavy atom. The maximum Gasteiger partial charge on any atom is 0.221 e. The van der Waals surface area contributed by atoms with Gasteiger partial charge in [0.25, 0.3) is 0 Å². The van der Waals surface area contributed by atoms with E-state index in [0.717, 1.165) is 29.8 Å². The molecule has 1 amide bonds. The average Bonchev–Trinajstić information content (AvgIpc) is 2.98. The first kappa shape index (κ1) is 15.5. The fourth-order valence-electron chi connectivity index (χ4n) is 2.34. The molecule has 2 aromatic rings. The lowest BCUT2D eigenvalue weighted by Gasteiger charge is -2.10. The van der Waals surface area contributed by atoms with Crippen LogP contribution in [-0.4, -0.2) is 57.6 Å². The number of nitrogens with zero attached hydrogens (tertiary/aromatic N) is 5. The van der Waals surface area contributed by atoms with Gasteiger partial charge in [-0.15, -0.1) is 0 Å². The van der Waals surface area contributed by atoms with Crippen LogP contribution in [0.3, 0.4) is 0 Å². The summed E-state index contributed by atoms with van der Waals surface area (Å²) in [5.74, 6) is 0.0565. The lowest BCUT2D eigenvalue weighted by Crippen LogP contribution is -2.31. The van der Waals surface area contributed by atoms with E-state index in [9.17, 15) is 4.79 Å². The van der Waals surface area contributed by atoms with Gasteiger partial charge in [0, 0.05) is 26.1 Å². The molecular formula is C14H24N6O. The van der Waals surface area contributed by atoms with E-state index in [2.05, 4.69) is 22.4 Å². The van der Waals surface area contributed by atoms with Gasteiger partial charge in [0.05, 0.1) is 18.4 Å². The monoisotopic (exact) mass is 292 g/mol. The van der Waals surface area contributed by atoms with Gasteiger partial charge >= 0.3 is 0 Å². The summed E-state index contributed by atoms with van der Waals surface area (Å²) in [4.78, 5) is 13.9. The van der Waals surface area contributed by atoms with Crippen molar-refractivity contribution in [2.45, 2.75) is 33.4 Å². The molecule has 0 aromatic carbocycles.